The summed E-state index contributed by atoms with van der Waals surface area (Å²) < 4.78 is 7.82. The molecular formula is C27H24BrCl2N3O. The molecule has 0 N–H and O–H groups in total. The van der Waals surface area contributed by atoms with Crippen LogP contribution < -0.4 is 4.74 Å². The van der Waals surface area contributed by atoms with Gasteiger partial charge in [-0.2, -0.15) is 5.10 Å². The predicted octanol–water partition coefficient (Wildman–Crippen LogP) is 7.29. The Kier molecular flexibility index (Phi) is 5.85. The number of nitrogens with zero attached hydrogens (tertiary/aromatic N) is 3. The first-order valence-electron chi connectivity index (χ1n) is 11.6. The Hall–Kier alpha value is -2.05. The van der Waals surface area contributed by atoms with Gasteiger partial charge in [0.2, 0.25) is 5.72 Å². The standard InChI is InChI=1S/C27H24BrCl2N3O/c28-19-6-9-26-22(14-19)25-16-24(21-8-7-20(29)15-23(21)30)31-33(25)27(34-26)10-12-32(13-11-27)17-18-4-2-1-3-5-18/h1-9,14-15,25H,10-13,16-17H2/t25-/m0/s1. The zero-order chi connectivity index (χ0) is 23.3. The number of rotatable bonds is 3. The van der Waals surface area contributed by atoms with E-state index in [2.05, 4.69) is 74.4 Å². The van der Waals surface area contributed by atoms with E-state index in [1.807, 2.05) is 12.1 Å². The summed E-state index contributed by atoms with van der Waals surface area (Å²) in [7, 11) is 0. The SMILES string of the molecule is Clc1ccc(C2=NN3[C@@H](C2)c2cc(Br)ccc2OC32CCN(Cc3ccccc3)CC2)c(Cl)c1. The van der Waals surface area contributed by atoms with Crippen LogP contribution in [0.15, 0.2) is 76.3 Å². The summed E-state index contributed by atoms with van der Waals surface area (Å²) >= 11 is 16.4. The third-order valence-corrected chi connectivity index (χ3v) is 8.13. The van der Waals surface area contributed by atoms with Crippen LogP contribution in [0.25, 0.3) is 0 Å². The molecule has 0 amide bonds. The minimum Gasteiger partial charge on any atom is -0.466 e. The van der Waals surface area contributed by atoms with Crippen LogP contribution in [-0.4, -0.2) is 34.4 Å². The number of hydrogen-bond acceptors (Lipinski definition) is 4. The number of ether oxygens (including phenoxy) is 1. The van der Waals surface area contributed by atoms with Crippen molar-refractivity contribution in [3.63, 3.8) is 0 Å². The fraction of sp³-hybridized carbons (Fsp3) is 0.296. The van der Waals surface area contributed by atoms with Gasteiger partial charge in [-0.25, -0.2) is 5.01 Å². The van der Waals surface area contributed by atoms with E-state index < -0.39 is 5.72 Å². The van der Waals surface area contributed by atoms with E-state index in [1.165, 1.54) is 5.56 Å². The topological polar surface area (TPSA) is 28.1 Å². The highest BCUT2D eigenvalue weighted by atomic mass is 79.9. The lowest BCUT2D eigenvalue weighted by Crippen LogP contribution is -2.59. The Morgan fingerprint density at radius 2 is 1.79 bits per heavy atom. The normalized spacial score (nSPS) is 21.1. The number of piperidine rings is 1. The number of fused-ring (bicyclic) bond motifs is 4. The van der Waals surface area contributed by atoms with Crippen LogP contribution in [0.2, 0.25) is 10.0 Å². The molecule has 174 valence electrons. The maximum Gasteiger partial charge on any atom is 0.200 e. The van der Waals surface area contributed by atoms with Crippen molar-refractivity contribution >= 4 is 44.8 Å². The van der Waals surface area contributed by atoms with Gasteiger partial charge in [-0.05, 0) is 35.9 Å². The molecule has 0 aromatic heterocycles. The van der Waals surface area contributed by atoms with E-state index in [-0.39, 0.29) is 6.04 Å². The fourth-order valence-corrected chi connectivity index (χ4v) is 6.27. The van der Waals surface area contributed by atoms with Crippen molar-refractivity contribution in [2.45, 2.75) is 37.6 Å². The van der Waals surface area contributed by atoms with Crippen molar-refractivity contribution in [1.29, 1.82) is 0 Å². The summed E-state index contributed by atoms with van der Waals surface area (Å²) in [5.74, 6) is 0.958. The molecule has 1 fully saturated rings. The number of hydrazone groups is 1. The summed E-state index contributed by atoms with van der Waals surface area (Å²) in [6.07, 6.45) is 2.55. The van der Waals surface area contributed by atoms with Crippen LogP contribution in [0.5, 0.6) is 5.75 Å². The van der Waals surface area contributed by atoms with Crippen LogP contribution in [0, 0.1) is 0 Å². The summed E-state index contributed by atoms with van der Waals surface area (Å²) in [5.41, 5.74) is 3.97. The van der Waals surface area contributed by atoms with E-state index in [4.69, 9.17) is 33.0 Å². The van der Waals surface area contributed by atoms with Gasteiger partial charge in [-0.3, -0.25) is 4.90 Å². The van der Waals surface area contributed by atoms with Crippen LogP contribution >= 0.6 is 39.1 Å². The molecule has 6 rings (SSSR count). The molecule has 1 atom stereocenters. The van der Waals surface area contributed by atoms with E-state index in [0.717, 1.165) is 66.0 Å². The van der Waals surface area contributed by atoms with Crippen LogP contribution in [0.3, 0.4) is 0 Å². The minimum atomic E-state index is -0.459. The smallest absolute Gasteiger partial charge is 0.200 e. The van der Waals surface area contributed by atoms with Crippen LogP contribution in [-0.2, 0) is 6.54 Å². The molecule has 0 unspecified atom stereocenters. The lowest BCUT2D eigenvalue weighted by Gasteiger charge is -2.51. The highest BCUT2D eigenvalue weighted by Gasteiger charge is 2.52. The van der Waals surface area contributed by atoms with Gasteiger partial charge >= 0.3 is 0 Å². The molecule has 0 bridgehead atoms. The molecule has 0 saturated carbocycles. The lowest BCUT2D eigenvalue weighted by atomic mass is 9.90. The van der Waals surface area contributed by atoms with Crippen molar-refractivity contribution in [3.05, 3.63) is 97.9 Å². The Labute approximate surface area is 218 Å². The van der Waals surface area contributed by atoms with Gasteiger partial charge in [0.1, 0.15) is 5.75 Å². The molecule has 7 heteroatoms. The zero-order valence-corrected chi connectivity index (χ0v) is 21.7. The maximum absolute atomic E-state index is 6.78. The van der Waals surface area contributed by atoms with Gasteiger partial charge < -0.3 is 4.74 Å². The van der Waals surface area contributed by atoms with Gasteiger partial charge in [0.05, 0.1) is 16.8 Å². The lowest BCUT2D eigenvalue weighted by molar-refractivity contribution is -0.150. The first kappa shape index (κ1) is 22.4. The van der Waals surface area contributed by atoms with Crippen molar-refractivity contribution in [3.8, 4) is 5.75 Å². The highest BCUT2D eigenvalue weighted by molar-refractivity contribution is 9.10. The maximum atomic E-state index is 6.78. The van der Waals surface area contributed by atoms with Crippen LogP contribution in [0.4, 0.5) is 0 Å². The number of likely N-dealkylation sites (tertiary alicyclic amines) is 1. The molecule has 1 saturated heterocycles. The summed E-state index contributed by atoms with van der Waals surface area (Å²) in [4.78, 5) is 2.51. The van der Waals surface area contributed by atoms with E-state index in [1.54, 1.807) is 6.07 Å². The molecule has 1 spiro atoms. The summed E-state index contributed by atoms with van der Waals surface area (Å²) in [6, 6.07) is 22.7. The van der Waals surface area contributed by atoms with Gasteiger partial charge in [0.25, 0.3) is 0 Å². The average molecular weight is 557 g/mol. The molecular weight excluding hydrogens is 533 g/mol. The Morgan fingerprint density at radius 3 is 2.56 bits per heavy atom. The minimum absolute atomic E-state index is 0.115. The van der Waals surface area contributed by atoms with Gasteiger partial charge in [-0.1, -0.05) is 75.5 Å². The molecule has 3 aliphatic rings. The van der Waals surface area contributed by atoms with Crippen molar-refractivity contribution < 1.29 is 4.74 Å². The monoisotopic (exact) mass is 555 g/mol. The first-order chi connectivity index (χ1) is 16.5. The van der Waals surface area contributed by atoms with Crippen molar-refractivity contribution in [2.75, 3.05) is 13.1 Å². The largest absolute Gasteiger partial charge is 0.466 e. The fourth-order valence-electron chi connectivity index (χ4n) is 5.37. The molecule has 0 radical (unpaired) electrons. The van der Waals surface area contributed by atoms with Gasteiger partial charge in [0, 0.05) is 59.5 Å². The van der Waals surface area contributed by atoms with E-state index in [9.17, 15) is 0 Å². The second-order valence-electron chi connectivity index (χ2n) is 9.23. The Bertz CT molecular complexity index is 1260. The molecule has 3 aromatic carbocycles. The Morgan fingerprint density at radius 1 is 1.00 bits per heavy atom. The number of benzene rings is 3. The highest BCUT2D eigenvalue weighted by Crippen LogP contribution is 2.51. The predicted molar refractivity (Wildman–Crippen MR) is 141 cm³/mol. The summed E-state index contributed by atoms with van der Waals surface area (Å²) in [6.45, 7) is 2.87. The van der Waals surface area contributed by atoms with Gasteiger partial charge in [-0.15, -0.1) is 0 Å². The van der Waals surface area contributed by atoms with Crippen LogP contribution in [0.1, 0.15) is 42.0 Å². The second-order valence-corrected chi connectivity index (χ2v) is 11.0. The van der Waals surface area contributed by atoms with Gasteiger partial charge in [0.15, 0.2) is 0 Å². The molecule has 3 aromatic rings. The van der Waals surface area contributed by atoms with E-state index in [0.29, 0.717) is 10.0 Å². The average Bonchev–Trinajstić information content (AvgIpc) is 3.28. The summed E-state index contributed by atoms with van der Waals surface area (Å²) in [5, 5.41) is 8.64. The van der Waals surface area contributed by atoms with Crippen molar-refractivity contribution in [1.82, 2.24) is 9.91 Å². The Balaban J connectivity index is 1.32. The second kappa shape index (κ2) is 8.87. The number of hydrogen-bond donors (Lipinski definition) is 0. The molecule has 3 aliphatic heterocycles. The molecule has 3 heterocycles. The zero-order valence-electron chi connectivity index (χ0n) is 18.6. The van der Waals surface area contributed by atoms with Crippen molar-refractivity contribution in [2.24, 2.45) is 5.10 Å². The first-order valence-corrected chi connectivity index (χ1v) is 13.1. The molecule has 4 nitrogen and oxygen atoms in total. The third-order valence-electron chi connectivity index (χ3n) is 7.09. The third kappa shape index (κ3) is 4.03. The quantitative estimate of drug-likeness (QED) is 0.339. The number of halogens is 3. The van der Waals surface area contributed by atoms with E-state index >= 15 is 0 Å². The molecule has 0 aliphatic carbocycles. The molecule has 34 heavy (non-hydrogen) atoms.